The van der Waals surface area contributed by atoms with E-state index in [1.807, 2.05) is 6.92 Å². The summed E-state index contributed by atoms with van der Waals surface area (Å²) in [6, 6.07) is 0. The molecule has 0 fully saturated rings. The van der Waals surface area contributed by atoms with Gasteiger partial charge in [-0.3, -0.25) is 0 Å². The summed E-state index contributed by atoms with van der Waals surface area (Å²) in [7, 11) is 0. The standard InChI is InChI=1S/C10H23NO4/c1-4-8(14-6-5-12)7-9(11)15-10(2,3)13/h8-9,12-13H,4-7,11H2,1-3H3. The van der Waals surface area contributed by atoms with E-state index in [9.17, 15) is 5.11 Å². The lowest BCUT2D eigenvalue weighted by Gasteiger charge is -2.26. The molecule has 0 spiro atoms. The van der Waals surface area contributed by atoms with Gasteiger partial charge in [-0.1, -0.05) is 6.92 Å². The minimum atomic E-state index is -1.23. The maximum Gasteiger partial charge on any atom is 0.161 e. The minimum absolute atomic E-state index is 0.00190. The van der Waals surface area contributed by atoms with Crippen LogP contribution in [0.1, 0.15) is 33.6 Å². The summed E-state index contributed by atoms with van der Waals surface area (Å²) in [5, 5.41) is 18.0. The molecule has 0 aliphatic carbocycles. The molecule has 0 aromatic heterocycles. The summed E-state index contributed by atoms with van der Waals surface area (Å²) >= 11 is 0. The Morgan fingerprint density at radius 2 is 2.00 bits per heavy atom. The summed E-state index contributed by atoms with van der Waals surface area (Å²) < 4.78 is 10.5. The molecule has 0 rings (SSSR count). The van der Waals surface area contributed by atoms with Crippen LogP contribution in [0.3, 0.4) is 0 Å². The van der Waals surface area contributed by atoms with Crippen LogP contribution >= 0.6 is 0 Å². The van der Waals surface area contributed by atoms with Gasteiger partial charge in [-0.05, 0) is 20.3 Å². The molecule has 0 bridgehead atoms. The Kier molecular flexibility index (Phi) is 7.04. The van der Waals surface area contributed by atoms with E-state index in [2.05, 4.69) is 0 Å². The zero-order valence-corrected chi connectivity index (χ0v) is 9.77. The smallest absolute Gasteiger partial charge is 0.161 e. The van der Waals surface area contributed by atoms with Crippen molar-refractivity contribution >= 4 is 0 Å². The fourth-order valence-electron chi connectivity index (χ4n) is 1.25. The molecule has 5 heteroatoms. The lowest BCUT2D eigenvalue weighted by atomic mass is 10.2. The number of hydrogen-bond acceptors (Lipinski definition) is 5. The number of rotatable bonds is 8. The van der Waals surface area contributed by atoms with E-state index in [-0.39, 0.29) is 12.7 Å². The third-order valence-electron chi connectivity index (χ3n) is 1.84. The average Bonchev–Trinajstić information content (AvgIpc) is 2.09. The Balaban J connectivity index is 3.85. The molecule has 0 radical (unpaired) electrons. The first-order valence-electron chi connectivity index (χ1n) is 5.27. The molecule has 0 saturated heterocycles. The Hall–Kier alpha value is -0.200. The normalized spacial score (nSPS) is 16.4. The van der Waals surface area contributed by atoms with E-state index in [0.717, 1.165) is 6.42 Å². The number of aliphatic hydroxyl groups excluding tert-OH is 1. The number of aliphatic hydroxyl groups is 2. The van der Waals surface area contributed by atoms with Crippen molar-refractivity contribution in [3.8, 4) is 0 Å². The Labute approximate surface area is 91.2 Å². The van der Waals surface area contributed by atoms with Crippen molar-refractivity contribution in [2.24, 2.45) is 5.73 Å². The second-order valence-electron chi connectivity index (χ2n) is 3.96. The third kappa shape index (κ3) is 8.77. The van der Waals surface area contributed by atoms with Gasteiger partial charge in [-0.15, -0.1) is 0 Å². The van der Waals surface area contributed by atoms with Gasteiger partial charge in [-0.25, -0.2) is 0 Å². The van der Waals surface area contributed by atoms with E-state index in [1.165, 1.54) is 13.8 Å². The van der Waals surface area contributed by atoms with E-state index in [0.29, 0.717) is 13.0 Å². The molecule has 0 aromatic rings. The van der Waals surface area contributed by atoms with Gasteiger partial charge in [0, 0.05) is 6.42 Å². The van der Waals surface area contributed by atoms with Gasteiger partial charge >= 0.3 is 0 Å². The summed E-state index contributed by atoms with van der Waals surface area (Å²) in [6.07, 6.45) is 0.687. The summed E-state index contributed by atoms with van der Waals surface area (Å²) in [4.78, 5) is 0. The van der Waals surface area contributed by atoms with Gasteiger partial charge < -0.3 is 25.4 Å². The molecule has 0 aromatic carbocycles. The Morgan fingerprint density at radius 1 is 1.40 bits per heavy atom. The van der Waals surface area contributed by atoms with Crippen molar-refractivity contribution in [2.45, 2.75) is 51.7 Å². The summed E-state index contributed by atoms with van der Waals surface area (Å²) in [6.45, 7) is 5.33. The quantitative estimate of drug-likeness (QED) is 0.510. The van der Waals surface area contributed by atoms with Crippen LogP contribution in [0.4, 0.5) is 0 Å². The van der Waals surface area contributed by atoms with Gasteiger partial charge in [0.15, 0.2) is 5.79 Å². The maximum absolute atomic E-state index is 9.37. The highest BCUT2D eigenvalue weighted by Gasteiger charge is 2.20. The van der Waals surface area contributed by atoms with E-state index < -0.39 is 12.0 Å². The molecule has 4 N–H and O–H groups in total. The lowest BCUT2D eigenvalue weighted by Crippen LogP contribution is -2.38. The van der Waals surface area contributed by atoms with Gasteiger partial charge in [0.2, 0.25) is 0 Å². The minimum Gasteiger partial charge on any atom is -0.394 e. The predicted octanol–water partition coefficient (Wildman–Crippen LogP) is 0.194. The Bertz CT molecular complexity index is 158. The van der Waals surface area contributed by atoms with Crippen molar-refractivity contribution in [1.29, 1.82) is 0 Å². The van der Waals surface area contributed by atoms with Gasteiger partial charge in [0.25, 0.3) is 0 Å². The lowest BCUT2D eigenvalue weighted by molar-refractivity contribution is -0.210. The van der Waals surface area contributed by atoms with E-state index >= 15 is 0 Å². The van der Waals surface area contributed by atoms with Crippen LogP contribution in [-0.4, -0.2) is 41.5 Å². The van der Waals surface area contributed by atoms with E-state index in [4.69, 9.17) is 20.3 Å². The monoisotopic (exact) mass is 221 g/mol. The molecule has 0 heterocycles. The zero-order valence-electron chi connectivity index (χ0n) is 9.77. The third-order valence-corrected chi connectivity index (χ3v) is 1.84. The SMILES string of the molecule is CCC(CC(N)OC(C)(C)O)OCCO. The molecular weight excluding hydrogens is 198 g/mol. The Morgan fingerprint density at radius 3 is 2.40 bits per heavy atom. The van der Waals surface area contributed by atoms with Crippen LogP contribution in [-0.2, 0) is 9.47 Å². The molecule has 0 aliphatic rings. The fraction of sp³-hybridized carbons (Fsp3) is 1.00. The summed E-state index contributed by atoms with van der Waals surface area (Å²) in [5.74, 6) is -1.23. The maximum atomic E-state index is 9.37. The zero-order chi connectivity index (χ0) is 11.9. The van der Waals surface area contributed by atoms with Crippen molar-refractivity contribution in [3.63, 3.8) is 0 Å². The van der Waals surface area contributed by atoms with Gasteiger partial charge in [0.05, 0.1) is 19.3 Å². The summed E-state index contributed by atoms with van der Waals surface area (Å²) in [5.41, 5.74) is 5.68. The largest absolute Gasteiger partial charge is 0.394 e. The van der Waals surface area contributed by atoms with E-state index in [1.54, 1.807) is 0 Å². The van der Waals surface area contributed by atoms with Crippen molar-refractivity contribution in [3.05, 3.63) is 0 Å². The van der Waals surface area contributed by atoms with Crippen LogP contribution in [0.5, 0.6) is 0 Å². The van der Waals surface area contributed by atoms with Crippen molar-refractivity contribution < 1.29 is 19.7 Å². The highest BCUT2D eigenvalue weighted by Crippen LogP contribution is 2.12. The molecule has 0 aliphatic heterocycles. The second-order valence-corrected chi connectivity index (χ2v) is 3.96. The van der Waals surface area contributed by atoms with Gasteiger partial charge in [-0.2, -0.15) is 0 Å². The van der Waals surface area contributed by atoms with Crippen molar-refractivity contribution in [1.82, 2.24) is 0 Å². The molecule has 2 unspecified atom stereocenters. The van der Waals surface area contributed by atoms with Crippen LogP contribution < -0.4 is 5.73 Å². The topological polar surface area (TPSA) is 84.9 Å². The van der Waals surface area contributed by atoms with Crippen LogP contribution in [0.15, 0.2) is 0 Å². The number of ether oxygens (including phenoxy) is 2. The predicted molar refractivity (Wildman–Crippen MR) is 57.1 cm³/mol. The molecule has 2 atom stereocenters. The van der Waals surface area contributed by atoms with Gasteiger partial charge in [0.1, 0.15) is 6.23 Å². The molecule has 0 saturated carbocycles. The second kappa shape index (κ2) is 7.14. The first kappa shape index (κ1) is 14.8. The molecule has 15 heavy (non-hydrogen) atoms. The average molecular weight is 221 g/mol. The van der Waals surface area contributed by atoms with Crippen LogP contribution in [0.2, 0.25) is 0 Å². The fourth-order valence-corrected chi connectivity index (χ4v) is 1.25. The number of nitrogens with two attached hydrogens (primary N) is 1. The van der Waals surface area contributed by atoms with Crippen LogP contribution in [0.25, 0.3) is 0 Å². The molecule has 92 valence electrons. The van der Waals surface area contributed by atoms with Crippen LogP contribution in [0, 0.1) is 0 Å². The molecular formula is C10H23NO4. The first-order chi connectivity index (χ1) is 6.89. The highest BCUT2D eigenvalue weighted by atomic mass is 16.6. The number of hydrogen-bond donors (Lipinski definition) is 3. The van der Waals surface area contributed by atoms with Crippen molar-refractivity contribution in [2.75, 3.05) is 13.2 Å². The molecule has 0 amide bonds. The molecule has 5 nitrogen and oxygen atoms in total. The first-order valence-corrected chi connectivity index (χ1v) is 5.27. The highest BCUT2D eigenvalue weighted by molar-refractivity contribution is 4.63.